The van der Waals surface area contributed by atoms with E-state index in [9.17, 15) is 18.4 Å². The first-order valence-electron chi connectivity index (χ1n) is 13.1. The molecule has 0 atom stereocenters. The van der Waals surface area contributed by atoms with E-state index in [0.29, 0.717) is 22.9 Å². The first-order valence-corrected chi connectivity index (χ1v) is 15.5. The van der Waals surface area contributed by atoms with Crippen molar-refractivity contribution in [1.82, 2.24) is 15.0 Å². The number of carboxylic acids is 1. The van der Waals surface area contributed by atoms with Gasteiger partial charge in [0.05, 0.1) is 23.8 Å². The third-order valence-electron chi connectivity index (χ3n) is 5.88. The van der Waals surface area contributed by atoms with Gasteiger partial charge in [-0.05, 0) is 80.1 Å². The van der Waals surface area contributed by atoms with Gasteiger partial charge in [-0.2, -0.15) is 0 Å². The number of anilines is 1. The monoisotopic (exact) mass is 648 g/mol. The predicted octanol–water partition coefficient (Wildman–Crippen LogP) is 8.12. The van der Waals surface area contributed by atoms with Crippen LogP contribution in [-0.4, -0.2) is 44.4 Å². The molecule has 230 valence electrons. The Kier molecular flexibility index (Phi) is 11.4. The minimum atomic E-state index is -1.29. The molecule has 3 aromatic heterocycles. The second-order valence-corrected chi connectivity index (χ2v) is 10.7. The van der Waals surface area contributed by atoms with Crippen molar-refractivity contribution in [3.63, 3.8) is 0 Å². The Morgan fingerprint density at radius 3 is 1.80 bits per heavy atom. The molecule has 3 heterocycles. The average Bonchev–Trinajstić information content (AvgIpc) is 3.04. The summed E-state index contributed by atoms with van der Waals surface area (Å²) in [7, 11) is 0. The average molecular weight is 649 g/mol. The fourth-order valence-corrected chi connectivity index (χ4v) is 4.59. The van der Waals surface area contributed by atoms with Crippen LogP contribution < -0.4 is 14.8 Å². The molecule has 0 radical (unpaired) electrons. The van der Waals surface area contributed by atoms with Gasteiger partial charge >= 0.3 is 5.97 Å². The number of aromatic carboxylic acids is 1. The molecule has 0 aliphatic carbocycles. The van der Waals surface area contributed by atoms with E-state index in [1.165, 1.54) is 11.8 Å². The number of carboxylic acid groups (broad SMARTS) is 1. The molecule has 0 fully saturated rings. The maximum absolute atomic E-state index is 13.7. The Morgan fingerprint density at radius 1 is 0.756 bits per heavy atom. The number of carbonyl (C=O) groups is 2. The Hall–Kier alpha value is -5.01. The molecule has 0 aliphatic rings. The van der Waals surface area contributed by atoms with Gasteiger partial charge in [0, 0.05) is 16.0 Å². The number of pyridine rings is 3. The minimum absolute atomic E-state index is 0.00260. The van der Waals surface area contributed by atoms with Crippen LogP contribution in [0.1, 0.15) is 26.4 Å². The fraction of sp³-hybridized carbons (Fsp3) is 0.0938. The van der Waals surface area contributed by atoms with Crippen LogP contribution in [0.3, 0.4) is 0 Å². The molecule has 13 heteroatoms. The van der Waals surface area contributed by atoms with Gasteiger partial charge in [0.25, 0.3) is 5.91 Å². The smallest absolute Gasteiger partial charge is 0.341 e. The van der Waals surface area contributed by atoms with E-state index in [0.717, 1.165) is 34.3 Å². The van der Waals surface area contributed by atoms with Crippen LogP contribution in [0.5, 0.6) is 23.3 Å². The number of carbonyl (C=O) groups excluding carboxylic acids is 1. The van der Waals surface area contributed by atoms with Crippen molar-refractivity contribution in [3.8, 4) is 23.3 Å². The number of amides is 1. The summed E-state index contributed by atoms with van der Waals surface area (Å²) in [6.45, 7) is 1.77. The highest BCUT2D eigenvalue weighted by Crippen LogP contribution is 2.29. The van der Waals surface area contributed by atoms with Gasteiger partial charge in [-0.1, -0.05) is 12.1 Å². The van der Waals surface area contributed by atoms with Crippen molar-refractivity contribution in [2.45, 2.75) is 16.7 Å². The molecule has 9 nitrogen and oxygen atoms in total. The zero-order chi connectivity index (χ0) is 32.3. The number of hydrogen-bond acceptors (Lipinski definition) is 9. The quantitative estimate of drug-likeness (QED) is 0.151. The number of ether oxygens (including phenoxy) is 2. The molecule has 0 saturated heterocycles. The molecule has 2 aromatic carbocycles. The Labute approximate surface area is 266 Å². The van der Waals surface area contributed by atoms with Crippen molar-refractivity contribution in [2.24, 2.45) is 0 Å². The van der Waals surface area contributed by atoms with Crippen molar-refractivity contribution in [2.75, 3.05) is 17.8 Å². The first-order chi connectivity index (χ1) is 21.7. The lowest BCUT2D eigenvalue weighted by Gasteiger charge is -2.12. The Morgan fingerprint density at radius 2 is 1.29 bits per heavy atom. The normalized spacial score (nSPS) is 10.3. The van der Waals surface area contributed by atoms with E-state index >= 15 is 0 Å². The van der Waals surface area contributed by atoms with Crippen LogP contribution in [0.4, 0.5) is 14.5 Å². The lowest BCUT2D eigenvalue weighted by molar-refractivity contribution is 0.0692. The largest absolute Gasteiger partial charge is 0.477 e. The number of halogens is 2. The fourth-order valence-electron chi connectivity index (χ4n) is 3.69. The topological polar surface area (TPSA) is 124 Å². The molecule has 0 spiro atoms. The van der Waals surface area contributed by atoms with Crippen molar-refractivity contribution < 1.29 is 33.0 Å². The van der Waals surface area contributed by atoms with Gasteiger partial charge in [0.2, 0.25) is 11.8 Å². The highest BCUT2D eigenvalue weighted by Gasteiger charge is 2.18. The summed E-state index contributed by atoms with van der Waals surface area (Å²) in [4.78, 5) is 37.3. The van der Waals surface area contributed by atoms with E-state index in [2.05, 4.69) is 20.3 Å². The van der Waals surface area contributed by atoms with Gasteiger partial charge in [0.1, 0.15) is 34.3 Å². The van der Waals surface area contributed by atoms with Crippen LogP contribution in [0, 0.1) is 18.6 Å². The Bertz CT molecular complexity index is 1830. The summed E-state index contributed by atoms with van der Waals surface area (Å²) in [5.41, 5.74) is 0.884. The molecule has 0 saturated carbocycles. The number of rotatable bonds is 9. The summed E-state index contributed by atoms with van der Waals surface area (Å²) in [5, 5.41) is 11.7. The lowest BCUT2D eigenvalue weighted by Crippen LogP contribution is -2.15. The third kappa shape index (κ3) is 9.24. The molecular weight excluding hydrogens is 623 g/mol. The maximum atomic E-state index is 13.7. The molecule has 1 amide bonds. The van der Waals surface area contributed by atoms with Crippen molar-refractivity contribution in [1.29, 1.82) is 0 Å². The summed E-state index contributed by atoms with van der Waals surface area (Å²) in [5.74, 6) is -2.29. The molecule has 0 aliphatic heterocycles. The number of nitrogens with zero attached hydrogens (tertiary/aromatic N) is 3. The summed E-state index contributed by atoms with van der Waals surface area (Å²) < 4.78 is 37.8. The van der Waals surface area contributed by atoms with E-state index in [1.54, 1.807) is 61.3 Å². The van der Waals surface area contributed by atoms with E-state index in [1.807, 2.05) is 36.8 Å². The number of hydrogen-bond donors (Lipinski definition) is 2. The van der Waals surface area contributed by atoms with Crippen molar-refractivity contribution in [3.05, 3.63) is 120 Å². The zero-order valence-electron chi connectivity index (χ0n) is 24.2. The van der Waals surface area contributed by atoms with Gasteiger partial charge in [-0.3, -0.25) is 9.78 Å². The van der Waals surface area contributed by atoms with E-state index in [4.69, 9.17) is 14.6 Å². The number of aromatic nitrogens is 3. The zero-order valence-corrected chi connectivity index (χ0v) is 25.8. The third-order valence-corrected chi connectivity index (χ3v) is 7.33. The van der Waals surface area contributed by atoms with Gasteiger partial charge in [-0.25, -0.2) is 23.5 Å². The SMILES string of the molecule is CSc1cccc(Oc2ncc(F)cc2C(=O)Nc2cccnc2C)c1.CSc1cccc(Oc2ncc(F)cc2C(=O)O)c1. The van der Waals surface area contributed by atoms with Gasteiger partial charge in [-0.15, -0.1) is 23.5 Å². The maximum Gasteiger partial charge on any atom is 0.341 e. The molecule has 0 bridgehead atoms. The lowest BCUT2D eigenvalue weighted by atomic mass is 10.2. The minimum Gasteiger partial charge on any atom is -0.477 e. The second-order valence-electron chi connectivity index (χ2n) is 8.97. The van der Waals surface area contributed by atoms with Gasteiger partial charge < -0.3 is 19.9 Å². The second kappa shape index (κ2) is 15.6. The molecular formula is C32H26F2N4O5S2. The molecule has 5 aromatic rings. The molecule has 2 N–H and O–H groups in total. The summed E-state index contributed by atoms with van der Waals surface area (Å²) >= 11 is 3.09. The standard InChI is InChI=1S/C19H16FN3O2S.C13H10FNO3S/c1-12-17(7-4-8-21-12)23-18(24)16-9-13(20)11-22-19(16)25-14-5-3-6-15(10-14)26-2;1-19-10-4-2-3-9(6-10)18-12-11(13(16)17)5-8(14)7-15-12/h3-11H,1-2H3,(H,23,24);2-7H,1H3,(H,16,17). The predicted molar refractivity (Wildman–Crippen MR) is 169 cm³/mol. The van der Waals surface area contributed by atoms with E-state index in [-0.39, 0.29) is 22.9 Å². The number of thioether (sulfide) groups is 2. The molecule has 0 unspecified atom stereocenters. The first kappa shape index (κ1) is 32.9. The van der Waals surface area contributed by atoms with Crippen LogP contribution in [0.2, 0.25) is 0 Å². The van der Waals surface area contributed by atoms with Gasteiger partial charge in [0.15, 0.2) is 0 Å². The van der Waals surface area contributed by atoms with Crippen LogP contribution in [0.15, 0.2) is 101 Å². The highest BCUT2D eigenvalue weighted by molar-refractivity contribution is 7.98. The van der Waals surface area contributed by atoms with Crippen LogP contribution in [0.25, 0.3) is 0 Å². The van der Waals surface area contributed by atoms with E-state index < -0.39 is 23.5 Å². The summed E-state index contributed by atoms with van der Waals surface area (Å²) in [6, 6.07) is 19.9. The van der Waals surface area contributed by atoms with Crippen LogP contribution >= 0.6 is 23.5 Å². The highest BCUT2D eigenvalue weighted by atomic mass is 32.2. The van der Waals surface area contributed by atoms with Crippen molar-refractivity contribution >= 4 is 41.1 Å². The number of aryl methyl sites for hydroxylation is 1. The summed E-state index contributed by atoms with van der Waals surface area (Å²) in [6.07, 6.45) is 7.42. The molecule has 45 heavy (non-hydrogen) atoms. The Balaban J connectivity index is 0.000000215. The van der Waals surface area contributed by atoms with Crippen LogP contribution in [-0.2, 0) is 0 Å². The molecule has 5 rings (SSSR count). The number of benzene rings is 2. The number of nitrogens with one attached hydrogen (secondary N) is 1.